The molecule has 1 aromatic carbocycles. The van der Waals surface area contributed by atoms with Crippen LogP contribution in [0.1, 0.15) is 56.3 Å². The number of hydrogen-bond acceptors (Lipinski definition) is 5. The first-order valence-corrected chi connectivity index (χ1v) is 13.3. The Bertz CT molecular complexity index is 1510. The molecule has 1 saturated carbocycles. The summed E-state index contributed by atoms with van der Waals surface area (Å²) < 4.78 is 3.21. The van der Waals surface area contributed by atoms with E-state index in [4.69, 9.17) is 16.1 Å². The molecule has 8 heteroatoms. The lowest BCUT2D eigenvalue weighted by Crippen LogP contribution is -2.45. The molecule has 8 nitrogen and oxygen atoms in total. The highest BCUT2D eigenvalue weighted by atomic mass is 16.1. The summed E-state index contributed by atoms with van der Waals surface area (Å²) in [5, 5.41) is 12.1. The van der Waals surface area contributed by atoms with Crippen molar-refractivity contribution in [2.75, 3.05) is 17.6 Å². The van der Waals surface area contributed by atoms with Gasteiger partial charge in [-0.1, -0.05) is 49.8 Å². The highest BCUT2D eigenvalue weighted by Gasteiger charge is 2.30. The van der Waals surface area contributed by atoms with Crippen LogP contribution in [0, 0.1) is 11.3 Å². The monoisotopic (exact) mass is 509 g/mol. The summed E-state index contributed by atoms with van der Waals surface area (Å²) >= 11 is 0. The van der Waals surface area contributed by atoms with Gasteiger partial charge in [-0.3, -0.25) is 29.3 Å². The van der Waals surface area contributed by atoms with E-state index in [0.29, 0.717) is 29.7 Å². The molecule has 2 heterocycles. The van der Waals surface area contributed by atoms with Crippen molar-refractivity contribution in [1.29, 1.82) is 5.41 Å². The van der Waals surface area contributed by atoms with Crippen LogP contribution < -0.4 is 22.2 Å². The number of para-hydroxylation sites is 1. The zero-order valence-corrected chi connectivity index (χ0v) is 22.0. The van der Waals surface area contributed by atoms with E-state index in [1.165, 1.54) is 15.7 Å². The zero-order valence-electron chi connectivity index (χ0n) is 22.0. The van der Waals surface area contributed by atoms with E-state index in [9.17, 15) is 4.79 Å². The quantitative estimate of drug-likeness (QED) is 0.331. The number of amidine groups is 1. The molecule has 0 radical (unpaired) electrons. The summed E-state index contributed by atoms with van der Waals surface area (Å²) in [5.74, 6) is 1.11. The number of aromatic nitrogens is 3. The maximum absolute atomic E-state index is 13.5. The van der Waals surface area contributed by atoms with Gasteiger partial charge in [0.05, 0.1) is 12.2 Å². The fourth-order valence-electron chi connectivity index (χ4n) is 5.44. The van der Waals surface area contributed by atoms with Crippen LogP contribution in [0.5, 0.6) is 0 Å². The van der Waals surface area contributed by atoms with Gasteiger partial charge in [-0.25, -0.2) is 0 Å². The number of nitrogens with zero attached hydrogens (tertiary/aromatic N) is 4. The molecular weight excluding hydrogens is 474 g/mol. The fourth-order valence-corrected chi connectivity index (χ4v) is 5.44. The molecule has 2 atom stereocenters. The molecule has 3 aromatic rings. The summed E-state index contributed by atoms with van der Waals surface area (Å²) in [4.78, 5) is 22.9. The molecule has 2 aliphatic carbocycles. The van der Waals surface area contributed by atoms with Crippen molar-refractivity contribution < 1.29 is 0 Å². The number of nitrogens with two attached hydrogens (primary N) is 1. The number of anilines is 2. The van der Waals surface area contributed by atoms with E-state index in [-0.39, 0.29) is 17.2 Å². The van der Waals surface area contributed by atoms with Gasteiger partial charge >= 0.3 is 0 Å². The van der Waals surface area contributed by atoms with Gasteiger partial charge in [0.15, 0.2) is 0 Å². The summed E-state index contributed by atoms with van der Waals surface area (Å²) in [6, 6.07) is 15.7. The average Bonchev–Trinajstić information content (AvgIpc) is 3.37. The summed E-state index contributed by atoms with van der Waals surface area (Å²) in [7, 11) is 1.64. The van der Waals surface area contributed by atoms with E-state index in [1.54, 1.807) is 7.05 Å². The fraction of sp³-hybridized carbons (Fsp3) is 0.333. The number of nitrogens with one attached hydrogen (secondary N) is 2. The molecule has 4 N–H and O–H groups in total. The maximum atomic E-state index is 13.5. The van der Waals surface area contributed by atoms with Crippen LogP contribution in [0.15, 0.2) is 82.2 Å². The summed E-state index contributed by atoms with van der Waals surface area (Å²) in [6.45, 7) is 2.63. The van der Waals surface area contributed by atoms with Gasteiger partial charge in [0.25, 0.3) is 5.56 Å². The lowest BCUT2D eigenvalue weighted by molar-refractivity contribution is 0.381. The lowest BCUT2D eigenvalue weighted by atomic mass is 9.96. The zero-order chi connectivity index (χ0) is 26.6. The summed E-state index contributed by atoms with van der Waals surface area (Å²) in [5.41, 5.74) is 11.0. The van der Waals surface area contributed by atoms with Crippen LogP contribution in [0.4, 0.5) is 11.5 Å². The van der Waals surface area contributed by atoms with Gasteiger partial charge in [0, 0.05) is 25.0 Å². The van der Waals surface area contributed by atoms with Crippen molar-refractivity contribution in [3.05, 3.63) is 99.7 Å². The first-order valence-electron chi connectivity index (χ1n) is 13.3. The van der Waals surface area contributed by atoms with Gasteiger partial charge in [-0.05, 0) is 67.0 Å². The summed E-state index contributed by atoms with van der Waals surface area (Å²) in [6.07, 6.45) is 10.9. The number of pyridine rings is 1. The molecule has 0 bridgehead atoms. The first kappa shape index (κ1) is 25.4. The molecular formula is C30H35N7O. The van der Waals surface area contributed by atoms with Crippen LogP contribution in [0.2, 0.25) is 0 Å². The van der Waals surface area contributed by atoms with Crippen LogP contribution in [-0.4, -0.2) is 26.5 Å². The molecule has 2 aliphatic rings. The molecule has 0 saturated heterocycles. The minimum absolute atomic E-state index is 0.0854. The third-order valence-corrected chi connectivity index (χ3v) is 7.67. The molecule has 0 aliphatic heterocycles. The largest absolute Gasteiger partial charge is 0.384 e. The average molecular weight is 510 g/mol. The van der Waals surface area contributed by atoms with Crippen LogP contribution in [0.3, 0.4) is 0 Å². The van der Waals surface area contributed by atoms with Crippen LogP contribution >= 0.6 is 0 Å². The number of hydrogen-bond donors (Lipinski definition) is 3. The second-order valence-electron chi connectivity index (χ2n) is 10.2. The Kier molecular flexibility index (Phi) is 7.40. The number of allylic oxidation sites excluding steroid dienone is 3. The molecule has 196 valence electrons. The van der Waals surface area contributed by atoms with Crippen molar-refractivity contribution in [2.24, 2.45) is 18.0 Å². The Hall–Kier alpha value is -4.20. The van der Waals surface area contributed by atoms with Gasteiger partial charge in [0.1, 0.15) is 17.2 Å². The maximum Gasteiger partial charge on any atom is 0.267 e. The van der Waals surface area contributed by atoms with E-state index in [0.717, 1.165) is 43.5 Å². The third kappa shape index (κ3) is 5.11. The molecule has 0 amide bonds. The Labute approximate surface area is 222 Å². The SMILES string of the molecule is C[C@@H]1CCC[C@@H]1n1c(N)c(C(=NCC2=CC=C(c3ccccn3)CC2)Nc2ccccc2)c(=O)n(C)c1=N. The predicted octanol–water partition coefficient (Wildman–Crippen LogP) is 4.67. The van der Waals surface area contributed by atoms with E-state index < -0.39 is 0 Å². The van der Waals surface area contributed by atoms with Crippen LogP contribution in [-0.2, 0) is 7.05 Å². The van der Waals surface area contributed by atoms with Crippen molar-refractivity contribution in [3.63, 3.8) is 0 Å². The third-order valence-electron chi connectivity index (χ3n) is 7.67. The molecule has 5 rings (SSSR count). The van der Waals surface area contributed by atoms with Crippen molar-refractivity contribution in [2.45, 2.75) is 45.1 Å². The normalized spacial score (nSPS) is 19.7. The number of aliphatic imine (C=N–C) groups is 1. The molecule has 1 fully saturated rings. The van der Waals surface area contributed by atoms with E-state index in [2.05, 4.69) is 29.4 Å². The van der Waals surface area contributed by atoms with E-state index >= 15 is 0 Å². The smallest absolute Gasteiger partial charge is 0.267 e. The second kappa shape index (κ2) is 11.0. The highest BCUT2D eigenvalue weighted by molar-refractivity contribution is 6.10. The van der Waals surface area contributed by atoms with Crippen molar-refractivity contribution >= 4 is 22.9 Å². The van der Waals surface area contributed by atoms with Crippen LogP contribution in [0.25, 0.3) is 5.57 Å². The second-order valence-corrected chi connectivity index (χ2v) is 10.2. The number of nitrogen functional groups attached to an aromatic ring is 1. The Morgan fingerprint density at radius 1 is 1.13 bits per heavy atom. The van der Waals surface area contributed by atoms with E-state index in [1.807, 2.05) is 59.3 Å². The Morgan fingerprint density at radius 3 is 2.58 bits per heavy atom. The Balaban J connectivity index is 1.55. The molecule has 2 aromatic heterocycles. The minimum atomic E-state index is -0.327. The molecule has 0 unspecified atom stereocenters. The highest BCUT2D eigenvalue weighted by Crippen LogP contribution is 2.36. The predicted molar refractivity (Wildman–Crippen MR) is 153 cm³/mol. The lowest BCUT2D eigenvalue weighted by Gasteiger charge is -2.25. The van der Waals surface area contributed by atoms with Gasteiger partial charge < -0.3 is 11.1 Å². The van der Waals surface area contributed by atoms with Crippen molar-refractivity contribution in [1.82, 2.24) is 14.1 Å². The van der Waals surface area contributed by atoms with Crippen molar-refractivity contribution in [3.8, 4) is 0 Å². The standard InChI is InChI=1S/C30H35N7O/c1-20-9-8-13-25(20)37-27(31)26(29(38)36(2)30(37)32)28(35-23-10-4-3-5-11-23)34-19-21-14-16-22(17-15-21)24-12-6-7-18-33-24/h3-7,10-12,14,16,18,20,25,32H,8-9,13,15,17,19,31H2,1-2H3,(H,34,35)/t20-,25+/m1/s1. The first-order chi connectivity index (χ1) is 18.4. The van der Waals surface area contributed by atoms with Gasteiger partial charge in [0.2, 0.25) is 5.62 Å². The molecule has 38 heavy (non-hydrogen) atoms. The minimum Gasteiger partial charge on any atom is -0.384 e. The number of benzene rings is 1. The molecule has 0 spiro atoms. The Morgan fingerprint density at radius 2 is 1.92 bits per heavy atom. The topological polar surface area (TPSA) is 114 Å². The van der Waals surface area contributed by atoms with Gasteiger partial charge in [-0.2, -0.15) is 0 Å². The van der Waals surface area contributed by atoms with Gasteiger partial charge in [-0.15, -0.1) is 0 Å². The number of rotatable bonds is 6.